The molecule has 0 radical (unpaired) electrons. The van der Waals surface area contributed by atoms with Gasteiger partial charge in [0.25, 0.3) is 5.91 Å². The molecule has 0 aliphatic rings. The zero-order chi connectivity index (χ0) is 22.7. The summed E-state index contributed by atoms with van der Waals surface area (Å²) in [6.45, 7) is 5.48. The second-order valence-corrected chi connectivity index (χ2v) is 8.93. The first-order chi connectivity index (χ1) is 15.3. The first kappa shape index (κ1) is 21.6. The summed E-state index contributed by atoms with van der Waals surface area (Å²) in [5.41, 5.74) is 0.861. The highest BCUT2D eigenvalue weighted by molar-refractivity contribution is 6.03. The van der Waals surface area contributed by atoms with Crippen LogP contribution >= 0.6 is 0 Å². The maximum Gasteiger partial charge on any atom is 0.329 e. The smallest absolute Gasteiger partial charge is 0.329 e. The van der Waals surface area contributed by atoms with Gasteiger partial charge in [-0.25, -0.2) is 4.79 Å². The molecule has 1 atom stereocenters. The Morgan fingerprint density at radius 3 is 1.91 bits per heavy atom. The Morgan fingerprint density at radius 2 is 1.34 bits per heavy atom. The Morgan fingerprint density at radius 1 is 0.812 bits per heavy atom. The van der Waals surface area contributed by atoms with E-state index in [1.807, 2.05) is 51.1 Å². The Balaban J connectivity index is 1.77. The molecule has 4 aromatic rings. The summed E-state index contributed by atoms with van der Waals surface area (Å²) in [5.74, 6) is -0.746. The number of carbonyl (C=O) groups is 2. The molecule has 0 aliphatic heterocycles. The van der Waals surface area contributed by atoms with Crippen molar-refractivity contribution in [3.05, 3.63) is 96.1 Å². The maximum absolute atomic E-state index is 13.2. The van der Waals surface area contributed by atoms with Crippen molar-refractivity contribution in [1.82, 2.24) is 5.32 Å². The number of hydrogen-bond acceptors (Lipinski definition) is 3. The summed E-state index contributed by atoms with van der Waals surface area (Å²) >= 11 is 0. The number of nitrogens with one attached hydrogen (secondary N) is 1. The molecule has 0 saturated heterocycles. The molecule has 1 N–H and O–H groups in total. The molecule has 1 unspecified atom stereocenters. The largest absolute Gasteiger partial charge is 0.458 e. The second kappa shape index (κ2) is 8.83. The van der Waals surface area contributed by atoms with Crippen LogP contribution in [0.25, 0.3) is 21.5 Å². The van der Waals surface area contributed by atoms with Gasteiger partial charge in [0.15, 0.2) is 0 Å². The van der Waals surface area contributed by atoms with Crippen molar-refractivity contribution in [1.29, 1.82) is 0 Å². The highest BCUT2D eigenvalue weighted by Gasteiger charge is 2.28. The predicted molar refractivity (Wildman–Crippen MR) is 129 cm³/mol. The molecule has 0 saturated carbocycles. The molecule has 0 aliphatic carbocycles. The van der Waals surface area contributed by atoms with E-state index in [1.165, 1.54) is 0 Å². The number of esters is 1. The SMILES string of the molecule is CC(C)(C)OC(=O)C(Cc1c2ccccc2cc2ccccc12)NC(=O)c1ccccc1. The third kappa shape index (κ3) is 4.80. The summed E-state index contributed by atoms with van der Waals surface area (Å²) in [4.78, 5) is 26.1. The topological polar surface area (TPSA) is 55.4 Å². The Hall–Kier alpha value is -3.66. The Labute approximate surface area is 188 Å². The molecule has 0 fully saturated rings. The highest BCUT2D eigenvalue weighted by atomic mass is 16.6. The van der Waals surface area contributed by atoms with Crippen molar-refractivity contribution in [3.8, 4) is 0 Å². The quantitative estimate of drug-likeness (QED) is 0.331. The van der Waals surface area contributed by atoms with Crippen LogP contribution in [-0.2, 0) is 16.0 Å². The van der Waals surface area contributed by atoms with E-state index in [0.717, 1.165) is 27.1 Å². The van der Waals surface area contributed by atoms with E-state index < -0.39 is 17.6 Å². The summed E-state index contributed by atoms with van der Waals surface area (Å²) in [6, 6.07) is 26.5. The van der Waals surface area contributed by atoms with E-state index in [9.17, 15) is 9.59 Å². The molecule has 4 aromatic carbocycles. The summed E-state index contributed by atoms with van der Waals surface area (Å²) in [5, 5.41) is 7.24. The molecule has 0 bridgehead atoms. The van der Waals surface area contributed by atoms with E-state index in [4.69, 9.17) is 4.74 Å². The number of rotatable bonds is 5. The van der Waals surface area contributed by atoms with E-state index in [-0.39, 0.29) is 5.91 Å². The van der Waals surface area contributed by atoms with Crippen LogP contribution < -0.4 is 5.32 Å². The lowest BCUT2D eigenvalue weighted by atomic mass is 9.92. The third-order valence-corrected chi connectivity index (χ3v) is 5.32. The Bertz CT molecular complexity index is 1220. The van der Waals surface area contributed by atoms with Crippen LogP contribution in [0.2, 0.25) is 0 Å². The molecule has 162 valence electrons. The van der Waals surface area contributed by atoms with Crippen molar-refractivity contribution in [3.63, 3.8) is 0 Å². The fourth-order valence-electron chi connectivity index (χ4n) is 3.93. The Kier molecular flexibility index (Phi) is 5.95. The normalized spacial score (nSPS) is 12.5. The van der Waals surface area contributed by atoms with Gasteiger partial charge in [0.05, 0.1) is 0 Å². The lowest BCUT2D eigenvalue weighted by Gasteiger charge is -2.25. The first-order valence-corrected chi connectivity index (χ1v) is 10.8. The molecule has 0 aromatic heterocycles. The minimum absolute atomic E-state index is 0.300. The molecule has 1 amide bonds. The summed E-state index contributed by atoms with van der Waals surface area (Å²) in [7, 11) is 0. The molecule has 0 spiro atoms. The second-order valence-electron chi connectivity index (χ2n) is 8.93. The van der Waals surface area contributed by atoms with E-state index in [1.54, 1.807) is 24.3 Å². The third-order valence-electron chi connectivity index (χ3n) is 5.32. The monoisotopic (exact) mass is 425 g/mol. The molecule has 4 heteroatoms. The van der Waals surface area contributed by atoms with Gasteiger partial charge in [0, 0.05) is 12.0 Å². The lowest BCUT2D eigenvalue weighted by molar-refractivity contribution is -0.157. The van der Waals surface area contributed by atoms with Crippen LogP contribution in [0.1, 0.15) is 36.7 Å². The molecular formula is C28H27NO3. The molecule has 32 heavy (non-hydrogen) atoms. The van der Waals surface area contributed by atoms with Gasteiger partial charge in [0.2, 0.25) is 0 Å². The van der Waals surface area contributed by atoms with Crippen molar-refractivity contribution >= 4 is 33.4 Å². The number of fused-ring (bicyclic) bond motifs is 2. The number of ether oxygens (including phenoxy) is 1. The van der Waals surface area contributed by atoms with Crippen molar-refractivity contribution in [2.24, 2.45) is 0 Å². The predicted octanol–water partition coefficient (Wildman–Crippen LogP) is 5.68. The number of hydrogen-bond donors (Lipinski definition) is 1. The van der Waals surface area contributed by atoms with Crippen LogP contribution in [0.3, 0.4) is 0 Å². The number of benzene rings is 4. The fourth-order valence-corrected chi connectivity index (χ4v) is 3.93. The number of amides is 1. The van der Waals surface area contributed by atoms with Gasteiger partial charge in [-0.15, -0.1) is 0 Å². The van der Waals surface area contributed by atoms with Gasteiger partial charge >= 0.3 is 5.97 Å². The summed E-state index contributed by atoms with van der Waals surface area (Å²) in [6.07, 6.45) is 0.329. The molecular weight excluding hydrogens is 398 g/mol. The van der Waals surface area contributed by atoms with Crippen LogP contribution in [0, 0.1) is 0 Å². The van der Waals surface area contributed by atoms with Crippen molar-refractivity contribution < 1.29 is 14.3 Å². The zero-order valence-corrected chi connectivity index (χ0v) is 18.6. The van der Waals surface area contributed by atoms with E-state index >= 15 is 0 Å². The lowest BCUT2D eigenvalue weighted by Crippen LogP contribution is -2.45. The molecule has 0 heterocycles. The van der Waals surface area contributed by atoms with Crippen LogP contribution in [0.5, 0.6) is 0 Å². The molecule has 4 nitrogen and oxygen atoms in total. The van der Waals surface area contributed by atoms with E-state index in [2.05, 4.69) is 35.6 Å². The van der Waals surface area contributed by atoms with Crippen molar-refractivity contribution in [2.45, 2.75) is 38.8 Å². The summed E-state index contributed by atoms with van der Waals surface area (Å²) < 4.78 is 5.68. The zero-order valence-electron chi connectivity index (χ0n) is 18.6. The average molecular weight is 426 g/mol. The minimum atomic E-state index is -0.823. The minimum Gasteiger partial charge on any atom is -0.458 e. The van der Waals surface area contributed by atoms with Gasteiger partial charge in [-0.3, -0.25) is 4.79 Å². The highest BCUT2D eigenvalue weighted by Crippen LogP contribution is 2.30. The molecule has 4 rings (SSSR count). The fraction of sp³-hybridized carbons (Fsp3) is 0.214. The number of carbonyl (C=O) groups excluding carboxylic acids is 2. The maximum atomic E-state index is 13.2. The van der Waals surface area contributed by atoms with Gasteiger partial charge in [-0.05, 0) is 66.1 Å². The van der Waals surface area contributed by atoms with Crippen molar-refractivity contribution in [2.75, 3.05) is 0 Å². The van der Waals surface area contributed by atoms with Gasteiger partial charge in [0.1, 0.15) is 11.6 Å². The van der Waals surface area contributed by atoms with Gasteiger partial charge in [-0.1, -0.05) is 66.7 Å². The van der Waals surface area contributed by atoms with E-state index in [0.29, 0.717) is 12.0 Å². The van der Waals surface area contributed by atoms with Crippen LogP contribution in [0.15, 0.2) is 84.9 Å². The first-order valence-electron chi connectivity index (χ1n) is 10.8. The average Bonchev–Trinajstić information content (AvgIpc) is 2.77. The van der Waals surface area contributed by atoms with Crippen LogP contribution in [-0.4, -0.2) is 23.5 Å². The van der Waals surface area contributed by atoms with Gasteiger partial charge < -0.3 is 10.1 Å². The van der Waals surface area contributed by atoms with Crippen LogP contribution in [0.4, 0.5) is 0 Å². The standard InChI is InChI=1S/C28H27NO3/c1-28(2,3)32-27(31)25(29-26(30)19-11-5-4-6-12-19)18-24-22-15-9-7-13-20(22)17-21-14-8-10-16-23(21)24/h4-17,25H,18H2,1-3H3,(H,29,30). The van der Waals surface area contributed by atoms with Gasteiger partial charge in [-0.2, -0.15) is 0 Å².